The molecule has 1 fully saturated rings. The topological polar surface area (TPSA) is 104 Å². The number of ether oxygens (including phenoxy) is 1. The van der Waals surface area contributed by atoms with E-state index in [0.717, 1.165) is 51.4 Å². The van der Waals surface area contributed by atoms with Gasteiger partial charge in [-0.1, -0.05) is 58.1 Å². The predicted octanol–water partition coefficient (Wildman–Crippen LogP) is 3.56. The standard InChI is InChI=1S/C24H42O6/c1-4-5-10-17(2)22(27)14-13-21-20(23(28)15-24(21)29)12-9-7-6-8-11-19(26)16-30-18(3)25/h13-14,17,20-24,27-29H,4-12,15-16H2,1-3H3/b14-13+/t17?,20-,21-,22?,23+,24-/m1/s1. The van der Waals surface area contributed by atoms with Gasteiger partial charge in [0.05, 0.1) is 18.3 Å². The molecule has 1 saturated carbocycles. The van der Waals surface area contributed by atoms with Gasteiger partial charge < -0.3 is 20.1 Å². The number of Topliss-reactive ketones (excluding diaryl/α,β-unsaturated/α-hetero) is 1. The summed E-state index contributed by atoms with van der Waals surface area (Å²) in [5.74, 6) is -0.436. The highest BCUT2D eigenvalue weighted by Crippen LogP contribution is 2.37. The summed E-state index contributed by atoms with van der Waals surface area (Å²) in [4.78, 5) is 22.3. The van der Waals surface area contributed by atoms with Crippen molar-refractivity contribution in [1.29, 1.82) is 0 Å². The number of carbonyl (C=O) groups is 2. The number of hydrogen-bond donors (Lipinski definition) is 3. The molecule has 0 aromatic rings. The molecule has 1 rings (SSSR count). The Hall–Kier alpha value is -1.24. The fraction of sp³-hybridized carbons (Fsp3) is 0.833. The third-order valence-corrected chi connectivity index (χ3v) is 6.22. The molecule has 1 aliphatic rings. The molecule has 3 N–H and O–H groups in total. The van der Waals surface area contributed by atoms with Gasteiger partial charge in [0.1, 0.15) is 6.61 Å². The lowest BCUT2D eigenvalue weighted by molar-refractivity contribution is -0.145. The fourth-order valence-corrected chi connectivity index (χ4v) is 4.22. The van der Waals surface area contributed by atoms with Gasteiger partial charge in [-0.25, -0.2) is 0 Å². The molecular weight excluding hydrogens is 384 g/mol. The molecule has 2 unspecified atom stereocenters. The molecule has 0 saturated heterocycles. The molecule has 0 radical (unpaired) electrons. The number of unbranched alkanes of at least 4 members (excludes halogenated alkanes) is 4. The lowest BCUT2D eigenvalue weighted by Gasteiger charge is -2.22. The summed E-state index contributed by atoms with van der Waals surface area (Å²) in [5.41, 5.74) is 0. The normalized spacial score (nSPS) is 26.1. The van der Waals surface area contributed by atoms with Crippen LogP contribution in [0.3, 0.4) is 0 Å². The van der Waals surface area contributed by atoms with Gasteiger partial charge in [0.25, 0.3) is 0 Å². The highest BCUT2D eigenvalue weighted by Gasteiger charge is 2.39. The van der Waals surface area contributed by atoms with Gasteiger partial charge in [0.15, 0.2) is 5.78 Å². The monoisotopic (exact) mass is 426 g/mol. The number of rotatable bonds is 15. The largest absolute Gasteiger partial charge is 0.458 e. The molecule has 0 bridgehead atoms. The summed E-state index contributed by atoms with van der Waals surface area (Å²) < 4.78 is 4.69. The van der Waals surface area contributed by atoms with Crippen LogP contribution in [0.5, 0.6) is 0 Å². The van der Waals surface area contributed by atoms with E-state index in [9.17, 15) is 24.9 Å². The minimum atomic E-state index is -0.571. The van der Waals surface area contributed by atoms with Crippen LogP contribution >= 0.6 is 0 Å². The first kappa shape index (κ1) is 26.8. The summed E-state index contributed by atoms with van der Waals surface area (Å²) >= 11 is 0. The van der Waals surface area contributed by atoms with Gasteiger partial charge in [0, 0.05) is 25.7 Å². The second-order valence-corrected chi connectivity index (χ2v) is 8.88. The molecule has 6 heteroatoms. The SMILES string of the molecule is CCCCC(C)C(O)/C=C/[C@@H]1[C@@H](CCCCCCC(=O)COC(C)=O)[C@@H](O)C[C@H]1O. The lowest BCUT2D eigenvalue weighted by Crippen LogP contribution is -2.22. The van der Waals surface area contributed by atoms with Crippen LogP contribution < -0.4 is 0 Å². The molecule has 0 aromatic heterocycles. The van der Waals surface area contributed by atoms with Gasteiger partial charge >= 0.3 is 5.97 Å². The lowest BCUT2D eigenvalue weighted by atomic mass is 9.87. The first-order chi connectivity index (χ1) is 14.3. The van der Waals surface area contributed by atoms with Gasteiger partial charge in [-0.3, -0.25) is 9.59 Å². The average Bonchev–Trinajstić information content (AvgIpc) is 2.97. The van der Waals surface area contributed by atoms with E-state index in [1.165, 1.54) is 6.92 Å². The zero-order chi connectivity index (χ0) is 22.5. The maximum Gasteiger partial charge on any atom is 0.303 e. The highest BCUT2D eigenvalue weighted by atomic mass is 16.5. The second kappa shape index (κ2) is 14.7. The van der Waals surface area contributed by atoms with Gasteiger partial charge in [-0.2, -0.15) is 0 Å². The smallest absolute Gasteiger partial charge is 0.303 e. The minimum Gasteiger partial charge on any atom is -0.458 e. The molecular formula is C24H42O6. The summed E-state index contributed by atoms with van der Waals surface area (Å²) in [6.45, 7) is 5.33. The number of hydrogen-bond acceptors (Lipinski definition) is 6. The van der Waals surface area contributed by atoms with Crippen LogP contribution in [0.4, 0.5) is 0 Å². The van der Waals surface area contributed by atoms with Crippen LogP contribution in [0, 0.1) is 17.8 Å². The van der Waals surface area contributed by atoms with Crippen molar-refractivity contribution in [3.8, 4) is 0 Å². The van der Waals surface area contributed by atoms with Crippen LogP contribution in [-0.4, -0.2) is 52.0 Å². The van der Waals surface area contributed by atoms with E-state index in [-0.39, 0.29) is 30.1 Å². The number of aliphatic hydroxyl groups excluding tert-OH is 3. The Kier molecular flexibility index (Phi) is 13.1. The van der Waals surface area contributed by atoms with E-state index in [0.29, 0.717) is 12.8 Å². The molecule has 6 atom stereocenters. The van der Waals surface area contributed by atoms with E-state index in [1.54, 1.807) is 6.08 Å². The molecule has 30 heavy (non-hydrogen) atoms. The molecule has 174 valence electrons. The second-order valence-electron chi connectivity index (χ2n) is 8.88. The van der Waals surface area contributed by atoms with Crippen molar-refractivity contribution in [1.82, 2.24) is 0 Å². The molecule has 6 nitrogen and oxygen atoms in total. The summed E-state index contributed by atoms with van der Waals surface area (Å²) in [6, 6.07) is 0. The Morgan fingerprint density at radius 3 is 2.47 bits per heavy atom. The number of aliphatic hydroxyl groups is 3. The quantitative estimate of drug-likeness (QED) is 0.210. The molecule has 0 aromatic carbocycles. The Balaban J connectivity index is 2.36. The van der Waals surface area contributed by atoms with Crippen molar-refractivity contribution in [3.05, 3.63) is 12.2 Å². The number of esters is 1. The molecule has 1 aliphatic carbocycles. The van der Waals surface area contributed by atoms with Crippen molar-refractivity contribution in [3.63, 3.8) is 0 Å². The third kappa shape index (κ3) is 10.2. The van der Waals surface area contributed by atoms with Crippen LogP contribution in [0.15, 0.2) is 12.2 Å². The van der Waals surface area contributed by atoms with Gasteiger partial charge in [0.2, 0.25) is 0 Å². The maximum atomic E-state index is 11.6. The van der Waals surface area contributed by atoms with E-state index >= 15 is 0 Å². The molecule has 0 aliphatic heterocycles. The maximum absolute atomic E-state index is 11.6. The number of carbonyl (C=O) groups excluding carboxylic acids is 2. The molecule has 0 spiro atoms. The van der Waals surface area contributed by atoms with Crippen LogP contribution in [0.25, 0.3) is 0 Å². The van der Waals surface area contributed by atoms with Crippen LogP contribution in [0.2, 0.25) is 0 Å². The van der Waals surface area contributed by atoms with E-state index in [2.05, 4.69) is 6.92 Å². The fourth-order valence-electron chi connectivity index (χ4n) is 4.22. The molecule has 0 heterocycles. The van der Waals surface area contributed by atoms with E-state index in [4.69, 9.17) is 4.74 Å². The first-order valence-corrected chi connectivity index (χ1v) is 11.6. The number of ketones is 1. The summed E-state index contributed by atoms with van der Waals surface area (Å²) in [5, 5.41) is 31.0. The zero-order valence-corrected chi connectivity index (χ0v) is 19.0. The van der Waals surface area contributed by atoms with Crippen molar-refractivity contribution >= 4 is 11.8 Å². The van der Waals surface area contributed by atoms with Crippen molar-refractivity contribution in [2.45, 2.75) is 103 Å². The Morgan fingerprint density at radius 2 is 1.80 bits per heavy atom. The predicted molar refractivity (Wildman–Crippen MR) is 117 cm³/mol. The van der Waals surface area contributed by atoms with Crippen LogP contribution in [0.1, 0.15) is 85.0 Å². The van der Waals surface area contributed by atoms with Gasteiger partial charge in [-0.05, 0) is 31.1 Å². The van der Waals surface area contributed by atoms with Crippen molar-refractivity contribution < 1.29 is 29.6 Å². The Morgan fingerprint density at radius 1 is 1.10 bits per heavy atom. The Bertz CT molecular complexity index is 532. The van der Waals surface area contributed by atoms with Gasteiger partial charge in [-0.15, -0.1) is 0 Å². The highest BCUT2D eigenvalue weighted by molar-refractivity contribution is 5.81. The first-order valence-electron chi connectivity index (χ1n) is 11.6. The van der Waals surface area contributed by atoms with Crippen molar-refractivity contribution in [2.75, 3.05) is 6.61 Å². The zero-order valence-electron chi connectivity index (χ0n) is 19.0. The summed E-state index contributed by atoms with van der Waals surface area (Å²) in [7, 11) is 0. The summed E-state index contributed by atoms with van der Waals surface area (Å²) in [6.07, 6.45) is 10.4. The van der Waals surface area contributed by atoms with E-state index < -0.39 is 24.3 Å². The third-order valence-electron chi connectivity index (χ3n) is 6.22. The minimum absolute atomic E-state index is 0.00000326. The van der Waals surface area contributed by atoms with Crippen LogP contribution in [-0.2, 0) is 14.3 Å². The van der Waals surface area contributed by atoms with E-state index in [1.807, 2.05) is 13.0 Å². The van der Waals surface area contributed by atoms with Crippen molar-refractivity contribution in [2.24, 2.45) is 17.8 Å². The average molecular weight is 427 g/mol. The molecule has 0 amide bonds. The Labute approximate surface area is 181 Å².